The molecule has 0 aliphatic heterocycles. The summed E-state index contributed by atoms with van der Waals surface area (Å²) in [5.74, 6) is -0.199. The summed E-state index contributed by atoms with van der Waals surface area (Å²) in [7, 11) is 1.34. The smallest absolute Gasteiger partial charge is 0.249 e. The molecule has 0 atom stereocenters. The van der Waals surface area contributed by atoms with Crippen LogP contribution < -0.4 is 5.73 Å². The van der Waals surface area contributed by atoms with Crippen LogP contribution in [-0.4, -0.2) is 11.7 Å². The lowest BCUT2D eigenvalue weighted by atomic mass is 10.8. The van der Waals surface area contributed by atoms with E-state index in [1.165, 1.54) is 8.93 Å². The van der Waals surface area contributed by atoms with Crippen LogP contribution >= 0.6 is 30.1 Å². The Morgan fingerprint density at radius 1 is 2.00 bits per heavy atom. The third-order valence-corrected chi connectivity index (χ3v) is 1.49. The van der Waals surface area contributed by atoms with Crippen molar-refractivity contribution >= 4 is 36.0 Å². The standard InChI is InChI=1S/C2H3INOS/c3-6-1-2(4)5/h4H,1H2. The molecule has 0 aromatic heterocycles. The number of hydrogen-bond donors (Lipinski definition) is 0. The summed E-state index contributed by atoms with van der Waals surface area (Å²) < 4.78 is 0. The second-order valence-electron chi connectivity index (χ2n) is 0.677. The molecular formula is C2H3INOS. The van der Waals surface area contributed by atoms with E-state index in [1.54, 1.807) is 0 Å². The van der Waals surface area contributed by atoms with E-state index in [9.17, 15) is 4.79 Å². The molecule has 0 heterocycles. The van der Waals surface area contributed by atoms with Crippen molar-refractivity contribution in [3.8, 4) is 0 Å². The van der Waals surface area contributed by atoms with Gasteiger partial charge in [0.2, 0.25) is 5.91 Å². The molecular weight excluding hydrogens is 213 g/mol. The zero-order valence-corrected chi connectivity index (χ0v) is 5.88. The summed E-state index contributed by atoms with van der Waals surface area (Å²) in [6.45, 7) is 0. The Balaban J connectivity index is 2.83. The second kappa shape index (κ2) is 3.73. The molecule has 0 aliphatic carbocycles. The van der Waals surface area contributed by atoms with Crippen LogP contribution in [0.4, 0.5) is 0 Å². The van der Waals surface area contributed by atoms with Gasteiger partial charge in [0.15, 0.2) is 0 Å². The molecule has 1 N–H and O–H groups in total. The molecule has 1 radical (unpaired) electrons. The minimum Gasteiger partial charge on any atom is -0.272 e. The molecule has 0 bridgehead atoms. The largest absolute Gasteiger partial charge is 0.272 e. The van der Waals surface area contributed by atoms with E-state index < -0.39 is 5.91 Å². The number of halogens is 1. The van der Waals surface area contributed by atoms with Crippen LogP contribution in [0, 0.1) is 0 Å². The average molecular weight is 216 g/mol. The van der Waals surface area contributed by atoms with Crippen molar-refractivity contribution < 1.29 is 4.79 Å². The zero-order chi connectivity index (χ0) is 4.99. The van der Waals surface area contributed by atoms with Gasteiger partial charge in [-0.05, 0) is 21.2 Å². The third kappa shape index (κ3) is 4.55. The lowest BCUT2D eigenvalue weighted by molar-refractivity contribution is -0.116. The van der Waals surface area contributed by atoms with Gasteiger partial charge in [-0.2, -0.15) is 0 Å². The highest BCUT2D eigenvalue weighted by atomic mass is 127. The summed E-state index contributed by atoms with van der Waals surface area (Å²) in [6, 6.07) is 0. The fourth-order valence-corrected chi connectivity index (χ4v) is 0.997. The lowest BCUT2D eigenvalue weighted by Gasteiger charge is -1.77. The number of hydrogen-bond acceptors (Lipinski definition) is 2. The Kier molecular flexibility index (Phi) is 4.07. The van der Waals surface area contributed by atoms with Crippen LogP contribution in [-0.2, 0) is 4.79 Å². The number of carbonyl (C=O) groups is 1. The van der Waals surface area contributed by atoms with Crippen LogP contribution in [0.3, 0.4) is 0 Å². The molecule has 0 aromatic carbocycles. The van der Waals surface area contributed by atoms with E-state index in [1.807, 2.05) is 21.2 Å². The maximum atomic E-state index is 9.68. The van der Waals surface area contributed by atoms with Gasteiger partial charge in [0.05, 0.1) is 5.75 Å². The van der Waals surface area contributed by atoms with Crippen LogP contribution in [0.25, 0.3) is 0 Å². The fourth-order valence-electron chi connectivity index (χ4n) is 0.0495. The summed E-state index contributed by atoms with van der Waals surface area (Å²) in [6.07, 6.45) is 0. The molecule has 0 saturated heterocycles. The molecule has 0 unspecified atom stereocenters. The van der Waals surface area contributed by atoms with E-state index >= 15 is 0 Å². The lowest BCUT2D eigenvalue weighted by Crippen LogP contribution is -1.97. The molecule has 1 amide bonds. The van der Waals surface area contributed by atoms with Crippen molar-refractivity contribution in [1.82, 2.24) is 5.73 Å². The Bertz CT molecular complexity index is 57.5. The molecule has 2 nitrogen and oxygen atoms in total. The van der Waals surface area contributed by atoms with Crippen LogP contribution in [0.1, 0.15) is 0 Å². The van der Waals surface area contributed by atoms with Crippen molar-refractivity contribution in [2.75, 3.05) is 5.75 Å². The maximum absolute atomic E-state index is 9.68. The summed E-state index contributed by atoms with van der Waals surface area (Å²) in [4.78, 5) is 9.68. The first-order chi connectivity index (χ1) is 2.77. The molecule has 4 heteroatoms. The SMILES string of the molecule is [NH]C(=O)CSI. The summed E-state index contributed by atoms with van der Waals surface area (Å²) in [5, 5.41) is 0. The molecule has 35 valence electrons. The Morgan fingerprint density at radius 3 is 2.50 bits per heavy atom. The zero-order valence-electron chi connectivity index (χ0n) is 2.90. The molecule has 0 spiro atoms. The van der Waals surface area contributed by atoms with Gasteiger partial charge < -0.3 is 0 Å². The van der Waals surface area contributed by atoms with Crippen molar-refractivity contribution in [3.05, 3.63) is 0 Å². The van der Waals surface area contributed by atoms with Gasteiger partial charge in [-0.15, -0.1) is 0 Å². The first kappa shape index (κ1) is 6.55. The van der Waals surface area contributed by atoms with Crippen LogP contribution in [0.5, 0.6) is 0 Å². The minimum absolute atomic E-state index is 0.306. The van der Waals surface area contributed by atoms with E-state index in [0.29, 0.717) is 5.75 Å². The highest BCUT2D eigenvalue weighted by Gasteiger charge is 1.87. The van der Waals surface area contributed by atoms with Crippen molar-refractivity contribution in [2.45, 2.75) is 0 Å². The molecule has 0 saturated carbocycles. The number of carbonyl (C=O) groups excluding carboxylic acids is 1. The van der Waals surface area contributed by atoms with E-state index in [-0.39, 0.29) is 0 Å². The van der Waals surface area contributed by atoms with Crippen molar-refractivity contribution in [1.29, 1.82) is 0 Å². The molecule has 6 heavy (non-hydrogen) atoms. The normalized spacial score (nSPS) is 8.17. The van der Waals surface area contributed by atoms with Gasteiger partial charge in [-0.3, -0.25) is 10.5 Å². The van der Waals surface area contributed by atoms with Gasteiger partial charge in [-0.25, -0.2) is 0 Å². The fraction of sp³-hybridized carbons (Fsp3) is 0.500. The predicted octanol–water partition coefficient (Wildman–Crippen LogP) is 0.879. The van der Waals surface area contributed by atoms with Gasteiger partial charge >= 0.3 is 0 Å². The molecule has 0 rings (SSSR count). The van der Waals surface area contributed by atoms with Gasteiger partial charge in [0.1, 0.15) is 0 Å². The molecule has 0 fully saturated rings. The van der Waals surface area contributed by atoms with E-state index in [4.69, 9.17) is 5.73 Å². The van der Waals surface area contributed by atoms with E-state index in [0.717, 1.165) is 0 Å². The first-order valence-electron chi connectivity index (χ1n) is 1.25. The second-order valence-corrected chi connectivity index (χ2v) is 3.05. The highest BCUT2D eigenvalue weighted by molar-refractivity contribution is 14.2. The maximum Gasteiger partial charge on any atom is 0.249 e. The third-order valence-electron chi connectivity index (χ3n) is 0.186. The molecule has 0 aliphatic rings. The number of amides is 1. The van der Waals surface area contributed by atoms with E-state index in [2.05, 4.69) is 0 Å². The summed E-state index contributed by atoms with van der Waals surface area (Å²) >= 11 is 1.98. The number of nitrogens with one attached hydrogen (secondary N) is 1. The predicted molar refractivity (Wildman–Crippen MR) is 34.6 cm³/mol. The van der Waals surface area contributed by atoms with Crippen LogP contribution in [0.2, 0.25) is 0 Å². The van der Waals surface area contributed by atoms with Gasteiger partial charge in [-0.1, -0.05) is 8.93 Å². The first-order valence-corrected chi connectivity index (χ1v) is 4.78. The van der Waals surface area contributed by atoms with Gasteiger partial charge in [0, 0.05) is 0 Å². The Hall–Kier alpha value is 0.550. The molecule has 0 aromatic rings. The Morgan fingerprint density at radius 2 is 2.50 bits per heavy atom. The minimum atomic E-state index is -0.505. The van der Waals surface area contributed by atoms with Gasteiger partial charge in [0.25, 0.3) is 0 Å². The topological polar surface area (TPSA) is 40.9 Å². The average Bonchev–Trinajstić information content (AvgIpc) is 1.35. The monoisotopic (exact) mass is 216 g/mol. The quantitative estimate of drug-likeness (QED) is 0.643. The highest BCUT2D eigenvalue weighted by Crippen LogP contribution is 2.08. The van der Waals surface area contributed by atoms with Crippen molar-refractivity contribution in [2.24, 2.45) is 0 Å². The van der Waals surface area contributed by atoms with Crippen LogP contribution in [0.15, 0.2) is 0 Å². The number of rotatable bonds is 2. The summed E-state index contributed by atoms with van der Waals surface area (Å²) in [5.41, 5.74) is 6.31. The Labute approximate surface area is 52.4 Å². The van der Waals surface area contributed by atoms with Crippen molar-refractivity contribution in [3.63, 3.8) is 0 Å².